The van der Waals surface area contributed by atoms with Gasteiger partial charge in [-0.2, -0.15) is 0 Å². The predicted molar refractivity (Wildman–Crippen MR) is 86.2 cm³/mol. The second-order valence-corrected chi connectivity index (χ2v) is 6.06. The summed E-state index contributed by atoms with van der Waals surface area (Å²) in [6.45, 7) is 2.13. The Labute approximate surface area is 133 Å². The summed E-state index contributed by atoms with van der Waals surface area (Å²) in [4.78, 5) is 9.55. The molecule has 2 aromatic rings. The summed E-state index contributed by atoms with van der Waals surface area (Å²) in [5.41, 5.74) is 1.11. The molecule has 0 spiro atoms. The Morgan fingerprint density at radius 1 is 1.25 bits per heavy atom. The summed E-state index contributed by atoms with van der Waals surface area (Å²) < 4.78 is 0. The maximum atomic E-state index is 6.21. The maximum Gasteiger partial charge on any atom is 0.133 e. The zero-order chi connectivity index (χ0) is 14.5. The highest BCUT2D eigenvalue weighted by atomic mass is 35.5. The summed E-state index contributed by atoms with van der Waals surface area (Å²) in [6, 6.07) is 5.43. The molecule has 3 nitrogen and oxygen atoms in total. The molecule has 106 valence electrons. The number of anilines is 1. The van der Waals surface area contributed by atoms with Crippen molar-refractivity contribution >= 4 is 40.8 Å². The maximum absolute atomic E-state index is 6.21. The van der Waals surface area contributed by atoms with Gasteiger partial charge in [0.05, 0.1) is 5.02 Å². The Kier molecular flexibility index (Phi) is 5.52. The fourth-order valence-corrected chi connectivity index (χ4v) is 3.29. The fourth-order valence-electron chi connectivity index (χ4n) is 1.83. The smallest absolute Gasteiger partial charge is 0.133 e. The van der Waals surface area contributed by atoms with E-state index >= 15 is 0 Å². The van der Waals surface area contributed by atoms with Crippen LogP contribution in [0.15, 0.2) is 34.4 Å². The first-order valence-corrected chi connectivity index (χ1v) is 7.87. The number of aromatic nitrogens is 2. The molecule has 1 aromatic heterocycles. The molecular weight excluding hydrogens is 313 g/mol. The van der Waals surface area contributed by atoms with E-state index in [4.69, 9.17) is 23.2 Å². The standard InChI is InChI=1S/C14H15Cl2N3S/c1-3-4-10-13(17-2)18-8-19-14(10)20-12-7-9(15)5-6-11(12)16/h5-8H,3-4H2,1-2H3,(H,17,18,19). The minimum Gasteiger partial charge on any atom is -0.373 e. The summed E-state index contributed by atoms with van der Waals surface area (Å²) in [7, 11) is 1.86. The minimum absolute atomic E-state index is 0.664. The number of nitrogens with one attached hydrogen (secondary N) is 1. The van der Waals surface area contributed by atoms with Crippen LogP contribution in [0.25, 0.3) is 0 Å². The van der Waals surface area contributed by atoms with Crippen LogP contribution in [0.1, 0.15) is 18.9 Å². The van der Waals surface area contributed by atoms with Crippen molar-refractivity contribution in [1.29, 1.82) is 0 Å². The first-order valence-electron chi connectivity index (χ1n) is 6.30. The quantitative estimate of drug-likeness (QED) is 0.790. The van der Waals surface area contributed by atoms with E-state index in [-0.39, 0.29) is 0 Å². The summed E-state index contributed by atoms with van der Waals surface area (Å²) in [5.74, 6) is 0.863. The molecule has 1 aromatic carbocycles. The molecule has 0 aliphatic carbocycles. The molecule has 6 heteroatoms. The number of nitrogens with zero attached hydrogens (tertiary/aromatic N) is 2. The van der Waals surface area contributed by atoms with Crippen molar-refractivity contribution in [2.45, 2.75) is 29.7 Å². The van der Waals surface area contributed by atoms with Crippen LogP contribution in [0.5, 0.6) is 0 Å². The number of rotatable bonds is 5. The van der Waals surface area contributed by atoms with Gasteiger partial charge in [0.25, 0.3) is 0 Å². The summed E-state index contributed by atoms with van der Waals surface area (Å²) in [5, 5.41) is 5.36. The SMILES string of the molecule is CCCc1c(NC)ncnc1Sc1cc(Cl)ccc1Cl. The van der Waals surface area contributed by atoms with Crippen LogP contribution >= 0.6 is 35.0 Å². The lowest BCUT2D eigenvalue weighted by Gasteiger charge is -2.12. The zero-order valence-electron chi connectivity index (χ0n) is 11.3. The van der Waals surface area contributed by atoms with Gasteiger partial charge in [-0.25, -0.2) is 9.97 Å². The zero-order valence-corrected chi connectivity index (χ0v) is 13.6. The monoisotopic (exact) mass is 327 g/mol. The summed E-state index contributed by atoms with van der Waals surface area (Å²) >= 11 is 13.8. The van der Waals surface area contributed by atoms with Gasteiger partial charge in [-0.15, -0.1) is 0 Å². The lowest BCUT2D eigenvalue weighted by atomic mass is 10.2. The number of hydrogen-bond acceptors (Lipinski definition) is 4. The van der Waals surface area contributed by atoms with E-state index in [9.17, 15) is 0 Å². The lowest BCUT2D eigenvalue weighted by molar-refractivity contribution is 0.858. The van der Waals surface area contributed by atoms with Crippen LogP contribution in [0, 0.1) is 0 Å². The Morgan fingerprint density at radius 2 is 2.05 bits per heavy atom. The molecule has 0 aliphatic heterocycles. The molecule has 20 heavy (non-hydrogen) atoms. The third-order valence-corrected chi connectivity index (χ3v) is 4.52. The molecule has 1 N–H and O–H groups in total. The van der Waals surface area contributed by atoms with E-state index in [1.807, 2.05) is 13.1 Å². The first-order chi connectivity index (χ1) is 9.65. The Bertz CT molecular complexity index is 605. The van der Waals surface area contributed by atoms with Gasteiger partial charge in [-0.3, -0.25) is 0 Å². The van der Waals surface area contributed by atoms with Crippen LogP contribution < -0.4 is 5.32 Å². The molecular formula is C14H15Cl2N3S. The van der Waals surface area contributed by atoms with Gasteiger partial charge in [0.15, 0.2) is 0 Å². The van der Waals surface area contributed by atoms with Crippen molar-refractivity contribution in [3.05, 3.63) is 40.1 Å². The number of halogens is 2. The van der Waals surface area contributed by atoms with Crippen LogP contribution in [0.4, 0.5) is 5.82 Å². The average Bonchev–Trinajstić information content (AvgIpc) is 2.45. The molecule has 0 atom stereocenters. The Hall–Kier alpha value is -0.970. The van der Waals surface area contributed by atoms with Gasteiger partial charge >= 0.3 is 0 Å². The lowest BCUT2D eigenvalue weighted by Crippen LogP contribution is -2.02. The third-order valence-electron chi connectivity index (χ3n) is 2.74. The largest absolute Gasteiger partial charge is 0.373 e. The Balaban J connectivity index is 2.39. The molecule has 0 radical (unpaired) electrons. The number of benzene rings is 1. The molecule has 2 rings (SSSR count). The van der Waals surface area contributed by atoms with E-state index in [0.717, 1.165) is 34.1 Å². The summed E-state index contributed by atoms with van der Waals surface area (Å²) in [6.07, 6.45) is 3.50. The highest BCUT2D eigenvalue weighted by Gasteiger charge is 2.13. The van der Waals surface area contributed by atoms with Gasteiger partial charge in [-0.1, -0.05) is 48.3 Å². The van der Waals surface area contributed by atoms with Gasteiger partial charge < -0.3 is 5.32 Å². The topological polar surface area (TPSA) is 37.8 Å². The molecule has 0 unspecified atom stereocenters. The second kappa shape index (κ2) is 7.16. The van der Waals surface area contributed by atoms with Crippen LogP contribution in [0.2, 0.25) is 10.0 Å². The van der Waals surface area contributed by atoms with Gasteiger partial charge in [0.2, 0.25) is 0 Å². The van der Waals surface area contributed by atoms with Crippen molar-refractivity contribution in [3.8, 4) is 0 Å². The van der Waals surface area contributed by atoms with E-state index in [2.05, 4.69) is 22.2 Å². The van der Waals surface area contributed by atoms with Gasteiger partial charge in [-0.05, 0) is 24.6 Å². The fraction of sp³-hybridized carbons (Fsp3) is 0.286. The number of hydrogen-bond donors (Lipinski definition) is 1. The predicted octanol–water partition coefficient (Wildman–Crippen LogP) is 4.93. The van der Waals surface area contributed by atoms with Gasteiger partial charge in [0, 0.05) is 22.5 Å². The van der Waals surface area contributed by atoms with E-state index in [1.54, 1.807) is 18.5 Å². The van der Waals surface area contributed by atoms with Crippen molar-refractivity contribution < 1.29 is 0 Å². The van der Waals surface area contributed by atoms with Crippen molar-refractivity contribution in [3.63, 3.8) is 0 Å². The highest BCUT2D eigenvalue weighted by Crippen LogP contribution is 2.37. The molecule has 0 saturated heterocycles. The second-order valence-electron chi connectivity index (χ2n) is 4.18. The third kappa shape index (κ3) is 3.57. The minimum atomic E-state index is 0.664. The van der Waals surface area contributed by atoms with E-state index < -0.39 is 0 Å². The average molecular weight is 328 g/mol. The first kappa shape index (κ1) is 15.4. The van der Waals surface area contributed by atoms with E-state index in [1.165, 1.54) is 11.8 Å². The molecule has 0 saturated carbocycles. The highest BCUT2D eigenvalue weighted by molar-refractivity contribution is 7.99. The molecule has 0 aliphatic rings. The van der Waals surface area contributed by atoms with Crippen molar-refractivity contribution in [2.24, 2.45) is 0 Å². The van der Waals surface area contributed by atoms with Crippen molar-refractivity contribution in [1.82, 2.24) is 9.97 Å². The molecule has 0 fully saturated rings. The Morgan fingerprint density at radius 3 is 2.75 bits per heavy atom. The molecule has 1 heterocycles. The van der Waals surface area contributed by atoms with Crippen LogP contribution in [-0.4, -0.2) is 17.0 Å². The van der Waals surface area contributed by atoms with Gasteiger partial charge in [0.1, 0.15) is 17.2 Å². The molecule has 0 bridgehead atoms. The molecule has 0 amide bonds. The van der Waals surface area contributed by atoms with Crippen LogP contribution in [0.3, 0.4) is 0 Å². The van der Waals surface area contributed by atoms with E-state index in [0.29, 0.717) is 10.0 Å². The van der Waals surface area contributed by atoms with Crippen LogP contribution in [-0.2, 0) is 6.42 Å². The van der Waals surface area contributed by atoms with Crippen molar-refractivity contribution in [2.75, 3.05) is 12.4 Å². The normalized spacial score (nSPS) is 10.6.